The number of aliphatic hydroxyl groups is 1. The van der Waals surface area contributed by atoms with Crippen LogP contribution >= 0.6 is 0 Å². The molecule has 3 aliphatic heterocycles. The molecule has 3 saturated heterocycles. The number of nitrogens with zero attached hydrogens (tertiary/aromatic N) is 4. The van der Waals surface area contributed by atoms with Gasteiger partial charge < -0.3 is 19.3 Å². The minimum Gasteiger partial charge on any atom is -0.366 e. The van der Waals surface area contributed by atoms with Crippen molar-refractivity contribution in [3.8, 4) is 0 Å². The summed E-state index contributed by atoms with van der Waals surface area (Å²) in [6.45, 7) is 0.234. The Morgan fingerprint density at radius 3 is 2.31 bits per heavy atom. The van der Waals surface area contributed by atoms with Crippen molar-refractivity contribution in [2.24, 2.45) is 0 Å². The summed E-state index contributed by atoms with van der Waals surface area (Å²) in [6.07, 6.45) is 12.5. The lowest BCUT2D eigenvalue weighted by atomic mass is 9.89. The Hall–Kier alpha value is -2.29. The maximum atomic E-state index is 13.9. The number of likely N-dealkylation sites (N-methyl/N-ethyl adjacent to an activating group) is 1. The molecule has 8 heteroatoms. The molecule has 1 aromatic heterocycles. The molecule has 8 nitrogen and oxygen atoms in total. The van der Waals surface area contributed by atoms with Crippen LogP contribution in [-0.2, 0) is 4.74 Å². The first-order valence-electron chi connectivity index (χ1n) is 13.9. The van der Waals surface area contributed by atoms with Crippen LogP contribution in [0.1, 0.15) is 87.2 Å². The summed E-state index contributed by atoms with van der Waals surface area (Å²) in [5.74, 6) is -0.419. The lowest BCUT2D eigenvalue weighted by Gasteiger charge is -2.45. The van der Waals surface area contributed by atoms with Gasteiger partial charge in [-0.3, -0.25) is 14.5 Å². The van der Waals surface area contributed by atoms with Gasteiger partial charge in [0.2, 0.25) is 0 Å². The maximum Gasteiger partial charge on any atom is 0.282 e. The van der Waals surface area contributed by atoms with Gasteiger partial charge in [0.15, 0.2) is 12.0 Å². The number of hydrogen-bond donors (Lipinski definition) is 1. The minimum absolute atomic E-state index is 0.0406. The standard InChI is InChI=1S/C28H38N4O4/c1-30(17-24-28(35)36-24)26(33)25-27(34)32(23-12-8-7-11-22(23)29-25)21-15-19-13-14-20(16-21)31(19)18-9-5-3-2-4-6-10-18/h7-8,11-12,18-21,24,28,35H,2-6,9-10,13-17H2,1H3/t19-,20+,21?,24?,28?. The van der Waals surface area contributed by atoms with Crippen molar-refractivity contribution in [2.75, 3.05) is 13.6 Å². The summed E-state index contributed by atoms with van der Waals surface area (Å²) in [5, 5.41) is 9.49. The number of rotatable bonds is 5. The van der Waals surface area contributed by atoms with E-state index >= 15 is 0 Å². The van der Waals surface area contributed by atoms with E-state index in [0.29, 0.717) is 23.6 Å². The van der Waals surface area contributed by atoms with Crippen molar-refractivity contribution in [3.63, 3.8) is 0 Å². The minimum atomic E-state index is -0.833. The second kappa shape index (κ2) is 9.88. The largest absolute Gasteiger partial charge is 0.366 e. The average molecular weight is 495 g/mol. The molecule has 1 saturated carbocycles. The number of benzene rings is 1. The first kappa shape index (κ1) is 24.1. The van der Waals surface area contributed by atoms with Crippen LogP contribution < -0.4 is 5.56 Å². The van der Waals surface area contributed by atoms with Crippen molar-refractivity contribution in [2.45, 2.75) is 107 Å². The van der Waals surface area contributed by atoms with Crippen LogP contribution in [-0.4, -0.2) is 74.5 Å². The Labute approximate surface area is 212 Å². The molecule has 36 heavy (non-hydrogen) atoms. The van der Waals surface area contributed by atoms with Gasteiger partial charge in [0.25, 0.3) is 11.5 Å². The highest BCUT2D eigenvalue weighted by atomic mass is 16.7. The van der Waals surface area contributed by atoms with E-state index in [9.17, 15) is 14.7 Å². The molecule has 4 fully saturated rings. The second-order valence-electron chi connectivity index (χ2n) is 11.3. The SMILES string of the molecule is CN(CC1OC1O)C(=O)c1nc2ccccc2n(C2C[C@H]3CC[C@@H](C2)N3C2CCCCCCC2)c1=O. The van der Waals surface area contributed by atoms with Crippen LogP contribution in [0.3, 0.4) is 0 Å². The van der Waals surface area contributed by atoms with Gasteiger partial charge in [-0.15, -0.1) is 0 Å². The van der Waals surface area contributed by atoms with E-state index in [1.807, 2.05) is 28.8 Å². The highest BCUT2D eigenvalue weighted by molar-refractivity contribution is 5.93. The van der Waals surface area contributed by atoms with Crippen molar-refractivity contribution in [1.82, 2.24) is 19.4 Å². The quantitative estimate of drug-likeness (QED) is 0.640. The molecule has 194 valence electrons. The topological polar surface area (TPSA) is 91.2 Å². The zero-order valence-corrected chi connectivity index (χ0v) is 21.2. The molecule has 2 bridgehead atoms. The maximum absolute atomic E-state index is 13.9. The third-order valence-corrected chi connectivity index (χ3v) is 8.98. The molecule has 4 aliphatic rings. The van der Waals surface area contributed by atoms with Crippen LogP contribution in [0.25, 0.3) is 11.0 Å². The first-order valence-corrected chi connectivity index (χ1v) is 13.9. The Balaban J connectivity index is 1.30. The summed E-state index contributed by atoms with van der Waals surface area (Å²) >= 11 is 0. The van der Waals surface area contributed by atoms with E-state index in [-0.39, 0.29) is 23.8 Å². The summed E-state index contributed by atoms with van der Waals surface area (Å²) in [7, 11) is 1.63. The number of hydrogen-bond acceptors (Lipinski definition) is 6. The van der Waals surface area contributed by atoms with Crippen molar-refractivity contribution < 1.29 is 14.6 Å². The van der Waals surface area contributed by atoms with Crippen molar-refractivity contribution >= 4 is 16.9 Å². The van der Waals surface area contributed by atoms with E-state index in [4.69, 9.17) is 4.74 Å². The Bertz CT molecular complexity index is 1160. The first-order chi connectivity index (χ1) is 17.5. The number of epoxide rings is 1. The molecule has 1 aliphatic carbocycles. The average Bonchev–Trinajstić information content (AvgIpc) is 3.48. The highest BCUT2D eigenvalue weighted by Crippen LogP contribution is 2.44. The number of piperidine rings is 1. The van der Waals surface area contributed by atoms with Gasteiger partial charge in [0.1, 0.15) is 6.10 Å². The van der Waals surface area contributed by atoms with Gasteiger partial charge in [-0.25, -0.2) is 4.98 Å². The highest BCUT2D eigenvalue weighted by Gasteiger charge is 2.45. The molecule has 0 radical (unpaired) electrons. The van der Waals surface area contributed by atoms with Crippen LogP contribution in [0.4, 0.5) is 0 Å². The van der Waals surface area contributed by atoms with Crippen LogP contribution in [0, 0.1) is 0 Å². The van der Waals surface area contributed by atoms with Gasteiger partial charge in [-0.05, 0) is 50.7 Å². The van der Waals surface area contributed by atoms with Gasteiger partial charge in [-0.1, -0.05) is 44.2 Å². The predicted octanol–water partition coefficient (Wildman–Crippen LogP) is 3.47. The number of amides is 1. The predicted molar refractivity (Wildman–Crippen MR) is 137 cm³/mol. The fourth-order valence-corrected chi connectivity index (χ4v) is 7.18. The number of para-hydroxylation sites is 2. The molecule has 4 heterocycles. The van der Waals surface area contributed by atoms with Gasteiger partial charge in [0, 0.05) is 31.2 Å². The number of aromatic nitrogens is 2. The zero-order chi connectivity index (χ0) is 24.8. The van der Waals surface area contributed by atoms with Gasteiger partial charge in [0.05, 0.1) is 17.6 Å². The number of aliphatic hydroxyl groups excluding tert-OH is 1. The van der Waals surface area contributed by atoms with Crippen LogP contribution in [0.5, 0.6) is 0 Å². The molecule has 3 unspecified atom stereocenters. The molecular weight excluding hydrogens is 456 g/mol. The third kappa shape index (κ3) is 4.48. The van der Waals surface area contributed by atoms with Gasteiger partial charge in [-0.2, -0.15) is 0 Å². The molecule has 6 rings (SSSR count). The lowest BCUT2D eigenvalue weighted by Crippen LogP contribution is -2.50. The summed E-state index contributed by atoms with van der Waals surface area (Å²) in [4.78, 5) is 35.9. The van der Waals surface area contributed by atoms with Crippen LogP contribution in [0.2, 0.25) is 0 Å². The normalized spacial score (nSPS) is 31.2. The molecular formula is C28H38N4O4. The van der Waals surface area contributed by atoms with E-state index in [1.54, 1.807) is 7.05 Å². The molecule has 0 spiro atoms. The Kier molecular flexibility index (Phi) is 6.60. The molecule has 1 aromatic carbocycles. The Morgan fingerprint density at radius 1 is 1.00 bits per heavy atom. The van der Waals surface area contributed by atoms with E-state index in [2.05, 4.69) is 9.88 Å². The number of carbonyl (C=O) groups is 1. The number of carbonyl (C=O) groups excluding carboxylic acids is 1. The number of fused-ring (bicyclic) bond motifs is 3. The summed E-state index contributed by atoms with van der Waals surface area (Å²) in [6, 6.07) is 9.45. The Morgan fingerprint density at radius 2 is 1.64 bits per heavy atom. The van der Waals surface area contributed by atoms with Crippen molar-refractivity contribution in [3.05, 3.63) is 40.3 Å². The van der Waals surface area contributed by atoms with Crippen molar-refractivity contribution in [1.29, 1.82) is 0 Å². The lowest BCUT2D eigenvalue weighted by molar-refractivity contribution is 0.0496. The fraction of sp³-hybridized carbons (Fsp3) is 0.679. The second-order valence-corrected chi connectivity index (χ2v) is 11.3. The fourth-order valence-electron chi connectivity index (χ4n) is 7.18. The monoisotopic (exact) mass is 494 g/mol. The molecule has 5 atom stereocenters. The third-order valence-electron chi connectivity index (χ3n) is 8.98. The van der Waals surface area contributed by atoms with Gasteiger partial charge >= 0.3 is 0 Å². The number of ether oxygens (including phenoxy) is 1. The summed E-state index contributed by atoms with van der Waals surface area (Å²) in [5.41, 5.74) is 1.14. The van der Waals surface area contributed by atoms with Crippen LogP contribution in [0.15, 0.2) is 29.1 Å². The zero-order valence-electron chi connectivity index (χ0n) is 21.2. The van der Waals surface area contributed by atoms with E-state index in [0.717, 1.165) is 18.4 Å². The molecule has 2 aromatic rings. The summed E-state index contributed by atoms with van der Waals surface area (Å²) < 4.78 is 6.93. The van der Waals surface area contributed by atoms with E-state index in [1.165, 1.54) is 62.7 Å². The smallest absolute Gasteiger partial charge is 0.282 e. The van der Waals surface area contributed by atoms with E-state index < -0.39 is 18.3 Å². The molecule has 1 amide bonds. The molecule has 1 N–H and O–H groups in total.